The molecule has 1 atom stereocenters. The van der Waals surface area contributed by atoms with Gasteiger partial charge in [-0.3, -0.25) is 4.98 Å². The molecule has 1 aromatic heterocycles. The molecule has 0 amide bonds. The first kappa shape index (κ1) is 15.2. The van der Waals surface area contributed by atoms with E-state index in [-0.39, 0.29) is 0 Å². The fraction of sp³-hybridized carbons (Fsp3) is 0.750. The Balaban J connectivity index is 1.89. The minimum Gasteiger partial charge on any atom is -0.355 e. The number of hydrogen-bond donors (Lipinski definition) is 1. The highest BCUT2D eigenvalue weighted by Crippen LogP contribution is 2.24. The summed E-state index contributed by atoms with van der Waals surface area (Å²) in [7, 11) is 0. The van der Waals surface area contributed by atoms with Crippen molar-refractivity contribution >= 4 is 5.82 Å². The Morgan fingerprint density at radius 1 is 1.30 bits per heavy atom. The van der Waals surface area contributed by atoms with Crippen LogP contribution in [0.25, 0.3) is 0 Å². The largest absolute Gasteiger partial charge is 0.355 e. The minimum atomic E-state index is 0.628. The Labute approximate surface area is 123 Å². The highest BCUT2D eigenvalue weighted by Gasteiger charge is 2.24. The summed E-state index contributed by atoms with van der Waals surface area (Å²) < 4.78 is 0. The molecular weight excluding hydrogens is 248 g/mol. The number of nitrogens with one attached hydrogen (secondary N) is 1. The molecule has 20 heavy (non-hydrogen) atoms. The molecule has 1 saturated heterocycles. The van der Waals surface area contributed by atoms with Crippen molar-refractivity contribution in [3.63, 3.8) is 0 Å². The third-order valence-corrected chi connectivity index (χ3v) is 4.47. The van der Waals surface area contributed by atoms with Crippen LogP contribution in [-0.2, 0) is 0 Å². The van der Waals surface area contributed by atoms with Gasteiger partial charge in [0.05, 0.1) is 17.6 Å². The Bertz CT molecular complexity index is 424. The smallest absolute Gasteiger partial charge is 0.147 e. The van der Waals surface area contributed by atoms with E-state index in [4.69, 9.17) is 0 Å². The third-order valence-electron chi connectivity index (χ3n) is 4.47. The van der Waals surface area contributed by atoms with E-state index in [1.807, 2.05) is 20.0 Å². The average molecular weight is 276 g/mol. The zero-order valence-electron chi connectivity index (χ0n) is 13.3. The van der Waals surface area contributed by atoms with Crippen molar-refractivity contribution < 1.29 is 0 Å². The number of rotatable bonds is 5. The number of anilines is 1. The second-order valence-electron chi connectivity index (χ2n) is 5.97. The Kier molecular flexibility index (Phi) is 5.35. The lowest BCUT2D eigenvalue weighted by Crippen LogP contribution is -2.42. The van der Waals surface area contributed by atoms with Crippen LogP contribution in [0.4, 0.5) is 5.82 Å². The van der Waals surface area contributed by atoms with E-state index in [1.54, 1.807) is 0 Å². The molecule has 112 valence electrons. The molecule has 1 fully saturated rings. The number of aromatic nitrogens is 2. The molecule has 0 aromatic carbocycles. The molecule has 4 nitrogen and oxygen atoms in total. The second kappa shape index (κ2) is 7.02. The predicted octanol–water partition coefficient (Wildman–Crippen LogP) is 2.70. The molecule has 0 saturated carbocycles. The van der Waals surface area contributed by atoms with E-state index >= 15 is 0 Å². The van der Waals surface area contributed by atoms with Gasteiger partial charge in [0, 0.05) is 19.1 Å². The number of hydrogen-bond acceptors (Lipinski definition) is 4. The maximum absolute atomic E-state index is 4.66. The Morgan fingerprint density at radius 3 is 2.60 bits per heavy atom. The third kappa shape index (κ3) is 3.69. The molecule has 1 unspecified atom stereocenters. The van der Waals surface area contributed by atoms with Crippen LogP contribution in [0.5, 0.6) is 0 Å². The number of nitrogens with zero attached hydrogens (tertiary/aromatic N) is 3. The molecular formula is C16H28N4. The summed E-state index contributed by atoms with van der Waals surface area (Å²) in [5.41, 5.74) is 2.07. The van der Waals surface area contributed by atoms with Gasteiger partial charge in [0.15, 0.2) is 0 Å². The van der Waals surface area contributed by atoms with Gasteiger partial charge in [-0.25, -0.2) is 4.98 Å². The maximum atomic E-state index is 4.66. The number of aryl methyl sites for hydroxylation is 2. The van der Waals surface area contributed by atoms with Crippen molar-refractivity contribution in [3.8, 4) is 0 Å². The van der Waals surface area contributed by atoms with Crippen LogP contribution in [0, 0.1) is 19.8 Å². The summed E-state index contributed by atoms with van der Waals surface area (Å²) in [6.45, 7) is 11.9. The molecule has 1 aliphatic rings. The highest BCUT2D eigenvalue weighted by atomic mass is 15.2. The van der Waals surface area contributed by atoms with Crippen molar-refractivity contribution in [2.24, 2.45) is 5.92 Å². The molecule has 2 rings (SSSR count). The summed E-state index contributed by atoms with van der Waals surface area (Å²) in [5.74, 6) is 1.83. The second-order valence-corrected chi connectivity index (χ2v) is 5.97. The van der Waals surface area contributed by atoms with Crippen LogP contribution in [-0.4, -0.2) is 35.6 Å². The van der Waals surface area contributed by atoms with Gasteiger partial charge in [0.1, 0.15) is 5.82 Å². The maximum Gasteiger partial charge on any atom is 0.147 e. The first-order valence-corrected chi connectivity index (χ1v) is 7.90. The zero-order chi connectivity index (χ0) is 14.5. The Morgan fingerprint density at radius 2 is 2.00 bits per heavy atom. The summed E-state index contributed by atoms with van der Waals surface area (Å²) in [6, 6.07) is 0.628. The normalized spacial score (nSPS) is 18.3. The highest BCUT2D eigenvalue weighted by molar-refractivity contribution is 5.38. The molecule has 0 spiro atoms. The SMILES string of the molecule is CCCNC(C)C1CCN(c2cnc(C)c(C)n2)CC1. The first-order valence-electron chi connectivity index (χ1n) is 7.90. The van der Waals surface area contributed by atoms with E-state index in [0.717, 1.165) is 42.8 Å². The standard InChI is InChI=1S/C16H28N4/c1-5-8-17-14(4)15-6-9-20(10-7-15)16-11-18-12(2)13(3)19-16/h11,14-15,17H,5-10H2,1-4H3. The lowest BCUT2D eigenvalue weighted by atomic mass is 9.90. The van der Waals surface area contributed by atoms with Crippen molar-refractivity contribution in [3.05, 3.63) is 17.6 Å². The monoisotopic (exact) mass is 276 g/mol. The molecule has 4 heteroatoms. The van der Waals surface area contributed by atoms with Gasteiger partial charge >= 0.3 is 0 Å². The van der Waals surface area contributed by atoms with Crippen LogP contribution in [0.1, 0.15) is 44.5 Å². The first-order chi connectivity index (χ1) is 9.61. The van der Waals surface area contributed by atoms with Crippen molar-refractivity contribution in [2.45, 2.75) is 53.0 Å². The topological polar surface area (TPSA) is 41.0 Å². The van der Waals surface area contributed by atoms with E-state index < -0.39 is 0 Å². The van der Waals surface area contributed by atoms with Crippen LogP contribution >= 0.6 is 0 Å². The van der Waals surface area contributed by atoms with E-state index in [2.05, 4.69) is 34.0 Å². The summed E-state index contributed by atoms with van der Waals surface area (Å²) in [4.78, 5) is 11.5. The molecule has 0 aliphatic carbocycles. The van der Waals surface area contributed by atoms with E-state index in [1.165, 1.54) is 19.3 Å². The molecule has 0 bridgehead atoms. The van der Waals surface area contributed by atoms with Crippen LogP contribution in [0.15, 0.2) is 6.20 Å². The van der Waals surface area contributed by atoms with Gasteiger partial charge in [0.2, 0.25) is 0 Å². The Hall–Kier alpha value is -1.16. The quantitative estimate of drug-likeness (QED) is 0.898. The van der Waals surface area contributed by atoms with Gasteiger partial charge < -0.3 is 10.2 Å². The molecule has 1 N–H and O–H groups in total. The van der Waals surface area contributed by atoms with Gasteiger partial charge in [-0.15, -0.1) is 0 Å². The molecule has 0 radical (unpaired) electrons. The van der Waals surface area contributed by atoms with Crippen LogP contribution in [0.2, 0.25) is 0 Å². The van der Waals surface area contributed by atoms with Gasteiger partial charge in [-0.2, -0.15) is 0 Å². The summed E-state index contributed by atoms with van der Waals surface area (Å²) in [6.07, 6.45) is 5.61. The number of piperidine rings is 1. The summed E-state index contributed by atoms with van der Waals surface area (Å²) in [5, 5.41) is 3.63. The van der Waals surface area contributed by atoms with Crippen molar-refractivity contribution in [1.29, 1.82) is 0 Å². The lowest BCUT2D eigenvalue weighted by molar-refractivity contribution is 0.311. The molecule has 1 aromatic rings. The van der Waals surface area contributed by atoms with Crippen LogP contribution < -0.4 is 10.2 Å². The minimum absolute atomic E-state index is 0.628. The van der Waals surface area contributed by atoms with E-state index in [0.29, 0.717) is 6.04 Å². The van der Waals surface area contributed by atoms with Crippen LogP contribution in [0.3, 0.4) is 0 Å². The van der Waals surface area contributed by atoms with Gasteiger partial charge in [-0.05, 0) is 52.5 Å². The fourth-order valence-electron chi connectivity index (χ4n) is 2.85. The lowest BCUT2D eigenvalue weighted by Gasteiger charge is -2.35. The molecule has 2 heterocycles. The van der Waals surface area contributed by atoms with Gasteiger partial charge in [-0.1, -0.05) is 6.92 Å². The zero-order valence-corrected chi connectivity index (χ0v) is 13.3. The summed E-state index contributed by atoms with van der Waals surface area (Å²) >= 11 is 0. The predicted molar refractivity (Wildman–Crippen MR) is 84.2 cm³/mol. The van der Waals surface area contributed by atoms with Crippen molar-refractivity contribution in [1.82, 2.24) is 15.3 Å². The van der Waals surface area contributed by atoms with E-state index in [9.17, 15) is 0 Å². The fourth-order valence-corrected chi connectivity index (χ4v) is 2.85. The van der Waals surface area contributed by atoms with Crippen molar-refractivity contribution in [2.75, 3.05) is 24.5 Å². The average Bonchev–Trinajstić information content (AvgIpc) is 2.48. The van der Waals surface area contributed by atoms with Gasteiger partial charge in [0.25, 0.3) is 0 Å². The molecule has 1 aliphatic heterocycles.